The molecule has 3 heterocycles. The van der Waals surface area contributed by atoms with Crippen LogP contribution in [0.1, 0.15) is 66.7 Å². The van der Waals surface area contributed by atoms with Gasteiger partial charge >= 0.3 is 0 Å². The van der Waals surface area contributed by atoms with E-state index in [9.17, 15) is 8.78 Å². The van der Waals surface area contributed by atoms with Gasteiger partial charge in [0.15, 0.2) is 0 Å². The third kappa shape index (κ3) is 8.05. The van der Waals surface area contributed by atoms with Crippen LogP contribution in [0.4, 0.5) is 13.2 Å². The Balaban J connectivity index is 1.52. The first-order valence-corrected chi connectivity index (χ1v) is 13.2. The maximum absolute atomic E-state index is 15.3. The smallest absolute Gasteiger partial charge is 0.136 e. The molecule has 3 aliphatic heterocycles. The first kappa shape index (κ1) is 28.2. The van der Waals surface area contributed by atoms with E-state index in [1.54, 1.807) is 0 Å². The lowest BCUT2D eigenvalue weighted by molar-refractivity contribution is -0.0966. The third-order valence-corrected chi connectivity index (χ3v) is 7.82. The lowest BCUT2D eigenvalue weighted by Crippen LogP contribution is -2.56. The van der Waals surface area contributed by atoms with Crippen molar-refractivity contribution in [1.29, 1.82) is 0 Å². The predicted octanol–water partition coefficient (Wildman–Crippen LogP) is 4.15. The quantitative estimate of drug-likeness (QED) is 0.497. The van der Waals surface area contributed by atoms with Crippen LogP contribution in [0.25, 0.3) is 0 Å². The van der Waals surface area contributed by atoms with E-state index in [0.29, 0.717) is 31.3 Å². The number of piperidine rings is 1. The second-order valence-corrected chi connectivity index (χ2v) is 12.5. The minimum atomic E-state index is -1.24. The number of likely N-dealkylation sites (tertiary alicyclic amines) is 2. The van der Waals surface area contributed by atoms with Crippen molar-refractivity contribution in [2.24, 2.45) is 5.92 Å². The number of nitrogens with one attached hydrogen (secondary N) is 1. The van der Waals surface area contributed by atoms with Crippen LogP contribution in [0.5, 0.6) is 0 Å². The van der Waals surface area contributed by atoms with Gasteiger partial charge in [-0.25, -0.2) is 13.2 Å². The van der Waals surface area contributed by atoms with E-state index in [4.69, 9.17) is 9.47 Å². The monoisotopic (exact) mass is 491 g/mol. The van der Waals surface area contributed by atoms with Crippen molar-refractivity contribution in [2.45, 2.75) is 102 Å². The Kier molecular flexibility index (Phi) is 9.74. The zero-order chi connectivity index (χ0) is 25.0. The molecule has 3 aliphatic rings. The fourth-order valence-electron chi connectivity index (χ4n) is 5.95. The summed E-state index contributed by atoms with van der Waals surface area (Å²) in [5.41, 5.74) is -1.68. The number of alkyl halides is 3. The molecule has 0 aromatic carbocycles. The molecule has 3 rings (SSSR count). The van der Waals surface area contributed by atoms with E-state index < -0.39 is 25.1 Å². The summed E-state index contributed by atoms with van der Waals surface area (Å²) in [6.45, 7) is 13.7. The van der Waals surface area contributed by atoms with E-state index in [1.165, 1.54) is 0 Å². The van der Waals surface area contributed by atoms with Crippen LogP contribution in [-0.2, 0) is 9.47 Å². The van der Waals surface area contributed by atoms with Gasteiger partial charge in [0, 0.05) is 50.4 Å². The molecular formula is C26H48F3N3O2. The Morgan fingerprint density at radius 1 is 1.06 bits per heavy atom. The highest BCUT2D eigenvalue weighted by molar-refractivity contribution is 4.96. The predicted molar refractivity (Wildman–Crippen MR) is 131 cm³/mol. The first-order chi connectivity index (χ1) is 15.9. The molecular weight excluding hydrogens is 443 g/mol. The molecule has 0 aromatic rings. The summed E-state index contributed by atoms with van der Waals surface area (Å²) in [6.07, 6.45) is 3.86. The van der Waals surface area contributed by atoms with Gasteiger partial charge in [0.05, 0.1) is 24.9 Å². The van der Waals surface area contributed by atoms with Gasteiger partial charge < -0.3 is 14.8 Å². The van der Waals surface area contributed by atoms with Gasteiger partial charge in [0.25, 0.3) is 0 Å². The second-order valence-electron chi connectivity index (χ2n) is 12.5. The topological polar surface area (TPSA) is 37.0 Å². The van der Waals surface area contributed by atoms with Crippen LogP contribution in [0.15, 0.2) is 0 Å². The molecule has 0 saturated carbocycles. The molecule has 3 fully saturated rings. The van der Waals surface area contributed by atoms with Crippen molar-refractivity contribution in [1.82, 2.24) is 15.1 Å². The normalized spacial score (nSPS) is 29.7. The number of ether oxygens (including phenoxy) is 2. The molecule has 0 bridgehead atoms. The molecule has 2 unspecified atom stereocenters. The lowest BCUT2D eigenvalue weighted by Gasteiger charge is -2.47. The summed E-state index contributed by atoms with van der Waals surface area (Å²) in [5.74, 6) is 0.371. The Labute approximate surface area is 205 Å². The van der Waals surface area contributed by atoms with E-state index in [1.807, 2.05) is 25.7 Å². The fourth-order valence-corrected chi connectivity index (χ4v) is 5.95. The summed E-state index contributed by atoms with van der Waals surface area (Å²) in [5, 5.41) is 3.77. The Morgan fingerprint density at radius 3 is 2.35 bits per heavy atom. The maximum Gasteiger partial charge on any atom is 0.136 e. The van der Waals surface area contributed by atoms with E-state index >= 15 is 4.39 Å². The molecule has 0 aliphatic carbocycles. The second kappa shape index (κ2) is 11.8. The van der Waals surface area contributed by atoms with Gasteiger partial charge in [-0.2, -0.15) is 0 Å². The Hall–Kier alpha value is -0.410. The number of halogens is 3. The molecule has 0 radical (unpaired) electrons. The summed E-state index contributed by atoms with van der Waals surface area (Å²) < 4.78 is 53.2. The van der Waals surface area contributed by atoms with Crippen molar-refractivity contribution >= 4 is 0 Å². The van der Waals surface area contributed by atoms with Crippen molar-refractivity contribution < 1.29 is 22.6 Å². The van der Waals surface area contributed by atoms with Crippen molar-refractivity contribution in [3.8, 4) is 0 Å². The van der Waals surface area contributed by atoms with Crippen LogP contribution in [-0.4, -0.2) is 104 Å². The number of nitrogens with zero attached hydrogens (tertiary/aromatic N) is 2. The lowest BCUT2D eigenvalue weighted by atomic mass is 9.81. The molecule has 34 heavy (non-hydrogen) atoms. The average molecular weight is 492 g/mol. The molecule has 1 N–H and O–H groups in total. The Bertz CT molecular complexity index is 619. The number of rotatable bonds is 10. The minimum Gasteiger partial charge on any atom is -0.381 e. The van der Waals surface area contributed by atoms with E-state index in [2.05, 4.69) is 24.1 Å². The highest BCUT2D eigenvalue weighted by Gasteiger charge is 2.42. The van der Waals surface area contributed by atoms with Gasteiger partial charge in [0.1, 0.15) is 19.0 Å². The molecule has 8 heteroatoms. The zero-order valence-electron chi connectivity index (χ0n) is 22.1. The van der Waals surface area contributed by atoms with Crippen molar-refractivity contribution in [3.63, 3.8) is 0 Å². The van der Waals surface area contributed by atoms with Crippen LogP contribution in [0.2, 0.25) is 0 Å². The highest BCUT2D eigenvalue weighted by Crippen LogP contribution is 2.34. The standard InChI is InChI=1S/C26H48F3N3O2/c1-24(2,3)34-19-26(29)8-11-31(12-9-26)23-7-13-33-18-20(23)14-25(4,5)30-21-6-10-32(17-21)22(15-27)16-28/h20-23,30H,6-19H2,1-5H3/t20?,21-,23?/m0/s1. The number of hydrogen-bond donors (Lipinski definition) is 1. The van der Waals surface area contributed by atoms with E-state index in [0.717, 1.165) is 52.1 Å². The fraction of sp³-hybridized carbons (Fsp3) is 1.00. The number of hydrogen-bond acceptors (Lipinski definition) is 5. The van der Waals surface area contributed by atoms with E-state index in [-0.39, 0.29) is 23.8 Å². The Morgan fingerprint density at radius 2 is 1.74 bits per heavy atom. The summed E-state index contributed by atoms with van der Waals surface area (Å²) in [6, 6.07) is 0.0236. The summed E-state index contributed by atoms with van der Waals surface area (Å²) in [4.78, 5) is 4.41. The van der Waals surface area contributed by atoms with Crippen molar-refractivity contribution in [3.05, 3.63) is 0 Å². The average Bonchev–Trinajstić information content (AvgIpc) is 3.21. The largest absolute Gasteiger partial charge is 0.381 e. The molecule has 200 valence electrons. The zero-order valence-corrected chi connectivity index (χ0v) is 22.1. The van der Waals surface area contributed by atoms with Crippen LogP contribution < -0.4 is 5.32 Å². The SMILES string of the molecule is CC(C)(CC1COCCC1N1CCC(F)(COC(C)(C)C)CC1)N[C@H]1CCN(C(CF)CF)C1. The maximum atomic E-state index is 15.3. The molecule has 3 saturated heterocycles. The van der Waals surface area contributed by atoms with Gasteiger partial charge in [0.2, 0.25) is 0 Å². The van der Waals surface area contributed by atoms with Gasteiger partial charge in [-0.15, -0.1) is 0 Å². The summed E-state index contributed by atoms with van der Waals surface area (Å²) >= 11 is 0. The molecule has 3 atom stereocenters. The van der Waals surface area contributed by atoms with Gasteiger partial charge in [-0.05, 0) is 72.6 Å². The summed E-state index contributed by atoms with van der Waals surface area (Å²) in [7, 11) is 0. The van der Waals surface area contributed by atoms with Crippen LogP contribution >= 0.6 is 0 Å². The van der Waals surface area contributed by atoms with Gasteiger partial charge in [-0.1, -0.05) is 0 Å². The molecule has 5 nitrogen and oxygen atoms in total. The van der Waals surface area contributed by atoms with Crippen LogP contribution in [0, 0.1) is 5.92 Å². The molecule has 0 spiro atoms. The third-order valence-electron chi connectivity index (χ3n) is 7.82. The molecule has 0 aromatic heterocycles. The highest BCUT2D eigenvalue weighted by atomic mass is 19.1. The van der Waals surface area contributed by atoms with Crippen molar-refractivity contribution in [2.75, 3.05) is 59.3 Å². The molecule has 0 amide bonds. The van der Waals surface area contributed by atoms with Crippen LogP contribution in [0.3, 0.4) is 0 Å². The first-order valence-electron chi connectivity index (χ1n) is 13.2. The minimum absolute atomic E-state index is 0.120. The van der Waals surface area contributed by atoms with Gasteiger partial charge in [-0.3, -0.25) is 9.80 Å².